The molecule has 0 unspecified atom stereocenters. The summed E-state index contributed by atoms with van der Waals surface area (Å²) in [4.78, 5) is 14.7. The first-order valence-corrected chi connectivity index (χ1v) is 8.47. The Hall–Kier alpha value is -2.53. The van der Waals surface area contributed by atoms with Gasteiger partial charge in [-0.3, -0.25) is 9.69 Å². The molecule has 1 aliphatic heterocycles. The summed E-state index contributed by atoms with van der Waals surface area (Å²) in [6, 6.07) is 16.0. The second-order valence-electron chi connectivity index (χ2n) is 6.25. The quantitative estimate of drug-likeness (QED) is 0.836. The van der Waals surface area contributed by atoms with Gasteiger partial charge in [0.05, 0.1) is 18.3 Å². The average molecular weight is 339 g/mol. The minimum absolute atomic E-state index is 0.0513. The second-order valence-corrected chi connectivity index (χ2v) is 6.25. The van der Waals surface area contributed by atoms with Gasteiger partial charge in [0, 0.05) is 6.42 Å². The molecule has 1 aliphatic rings. The number of carbonyl (C=O) groups is 1. The summed E-state index contributed by atoms with van der Waals surface area (Å²) in [7, 11) is 1.91. The Morgan fingerprint density at radius 2 is 1.88 bits per heavy atom. The van der Waals surface area contributed by atoms with Crippen LogP contribution in [0.5, 0.6) is 0 Å². The van der Waals surface area contributed by atoms with Crippen LogP contribution in [0.1, 0.15) is 30.5 Å². The summed E-state index contributed by atoms with van der Waals surface area (Å²) >= 11 is 0. The van der Waals surface area contributed by atoms with Crippen molar-refractivity contribution in [2.75, 3.05) is 20.1 Å². The summed E-state index contributed by atoms with van der Waals surface area (Å²) in [6.45, 7) is 3.10. The van der Waals surface area contributed by atoms with Gasteiger partial charge in [0.2, 0.25) is 0 Å². The number of rotatable bonds is 5. The van der Waals surface area contributed by atoms with Crippen LogP contribution in [-0.4, -0.2) is 41.7 Å². The lowest BCUT2D eigenvalue weighted by molar-refractivity contribution is -0.133. The standard InChI is InChI=1S/C20H22FN3O/c1-3-23(2)14-20(25)24-19(16-9-11-17(21)12-10-16)13-18(22-24)15-7-5-4-6-8-15/h4-12,19H,3,13-14H2,1-2H3/t19-/m1/s1. The summed E-state index contributed by atoms with van der Waals surface area (Å²) in [6.07, 6.45) is 0.622. The molecule has 3 rings (SSSR count). The lowest BCUT2D eigenvalue weighted by Gasteiger charge is -2.24. The van der Waals surface area contributed by atoms with E-state index in [-0.39, 0.29) is 17.8 Å². The lowest BCUT2D eigenvalue weighted by Crippen LogP contribution is -2.36. The van der Waals surface area contributed by atoms with Gasteiger partial charge in [-0.25, -0.2) is 9.40 Å². The minimum atomic E-state index is -0.283. The maximum Gasteiger partial charge on any atom is 0.257 e. The summed E-state index contributed by atoms with van der Waals surface area (Å²) in [5.41, 5.74) is 2.78. The monoisotopic (exact) mass is 339 g/mol. The van der Waals surface area contributed by atoms with E-state index in [0.29, 0.717) is 13.0 Å². The number of hydrogen-bond acceptors (Lipinski definition) is 3. The molecular formula is C20H22FN3O. The maximum atomic E-state index is 13.3. The molecule has 25 heavy (non-hydrogen) atoms. The van der Waals surface area contributed by atoms with Crippen molar-refractivity contribution in [3.05, 3.63) is 71.5 Å². The molecular weight excluding hydrogens is 317 g/mol. The molecule has 130 valence electrons. The molecule has 0 radical (unpaired) electrons. The van der Waals surface area contributed by atoms with E-state index in [1.165, 1.54) is 12.1 Å². The SMILES string of the molecule is CCN(C)CC(=O)N1N=C(c2ccccc2)C[C@@H]1c1ccc(F)cc1. The highest BCUT2D eigenvalue weighted by Gasteiger charge is 2.33. The molecule has 4 nitrogen and oxygen atoms in total. The summed E-state index contributed by atoms with van der Waals surface area (Å²) in [5.74, 6) is -0.334. The molecule has 2 aromatic rings. The zero-order valence-electron chi connectivity index (χ0n) is 14.5. The van der Waals surface area contributed by atoms with Crippen molar-refractivity contribution in [3.8, 4) is 0 Å². The number of hydrazone groups is 1. The Bertz CT molecular complexity index is 758. The van der Waals surface area contributed by atoms with Gasteiger partial charge in [-0.05, 0) is 36.9 Å². The fourth-order valence-corrected chi connectivity index (χ4v) is 2.91. The topological polar surface area (TPSA) is 35.9 Å². The number of nitrogens with zero attached hydrogens (tertiary/aromatic N) is 3. The normalized spacial score (nSPS) is 17.0. The summed E-state index contributed by atoms with van der Waals surface area (Å²) in [5, 5.41) is 6.16. The van der Waals surface area contributed by atoms with Gasteiger partial charge in [0.15, 0.2) is 0 Å². The van der Waals surface area contributed by atoms with Crippen LogP contribution in [0.2, 0.25) is 0 Å². The predicted molar refractivity (Wildman–Crippen MR) is 96.8 cm³/mol. The molecule has 0 bridgehead atoms. The van der Waals surface area contributed by atoms with E-state index in [9.17, 15) is 9.18 Å². The molecule has 0 saturated heterocycles. The number of likely N-dealkylation sites (N-methyl/N-ethyl adjacent to an activating group) is 1. The van der Waals surface area contributed by atoms with Gasteiger partial charge < -0.3 is 0 Å². The van der Waals surface area contributed by atoms with Crippen LogP contribution in [0, 0.1) is 5.82 Å². The molecule has 1 amide bonds. The smallest absolute Gasteiger partial charge is 0.257 e. The minimum Gasteiger partial charge on any atom is -0.298 e. The molecule has 1 atom stereocenters. The van der Waals surface area contributed by atoms with Gasteiger partial charge in [-0.1, -0.05) is 49.4 Å². The van der Waals surface area contributed by atoms with E-state index < -0.39 is 0 Å². The Kier molecular flexibility index (Phi) is 5.24. The first-order valence-electron chi connectivity index (χ1n) is 8.47. The van der Waals surface area contributed by atoms with E-state index in [0.717, 1.165) is 23.4 Å². The van der Waals surface area contributed by atoms with E-state index in [2.05, 4.69) is 5.10 Å². The van der Waals surface area contributed by atoms with Crippen molar-refractivity contribution in [2.24, 2.45) is 5.10 Å². The van der Waals surface area contributed by atoms with E-state index in [1.807, 2.05) is 49.2 Å². The highest BCUT2D eigenvalue weighted by molar-refractivity contribution is 6.03. The summed E-state index contributed by atoms with van der Waals surface area (Å²) < 4.78 is 13.3. The largest absolute Gasteiger partial charge is 0.298 e. The predicted octanol–water partition coefficient (Wildman–Crippen LogP) is 3.46. The van der Waals surface area contributed by atoms with Crippen LogP contribution in [0.4, 0.5) is 4.39 Å². The molecule has 0 spiro atoms. The Balaban J connectivity index is 1.90. The molecule has 0 aliphatic carbocycles. The average Bonchev–Trinajstić information content (AvgIpc) is 3.08. The van der Waals surface area contributed by atoms with Crippen molar-refractivity contribution in [1.82, 2.24) is 9.91 Å². The van der Waals surface area contributed by atoms with E-state index in [4.69, 9.17) is 0 Å². The third-order valence-corrected chi connectivity index (χ3v) is 4.47. The fraction of sp³-hybridized carbons (Fsp3) is 0.300. The van der Waals surface area contributed by atoms with Crippen molar-refractivity contribution < 1.29 is 9.18 Å². The highest BCUT2D eigenvalue weighted by atomic mass is 19.1. The number of halogens is 1. The third-order valence-electron chi connectivity index (χ3n) is 4.47. The van der Waals surface area contributed by atoms with Crippen LogP contribution in [0.25, 0.3) is 0 Å². The van der Waals surface area contributed by atoms with Crippen molar-refractivity contribution >= 4 is 11.6 Å². The van der Waals surface area contributed by atoms with Crippen molar-refractivity contribution in [1.29, 1.82) is 0 Å². The zero-order chi connectivity index (χ0) is 17.8. The molecule has 1 heterocycles. The number of amides is 1. The van der Waals surface area contributed by atoms with Gasteiger partial charge >= 0.3 is 0 Å². The van der Waals surface area contributed by atoms with Crippen LogP contribution >= 0.6 is 0 Å². The molecule has 5 heteroatoms. The molecule has 0 saturated carbocycles. The molecule has 2 aromatic carbocycles. The first kappa shape index (κ1) is 17.3. The van der Waals surface area contributed by atoms with Gasteiger partial charge in [0.25, 0.3) is 5.91 Å². The molecule has 0 aromatic heterocycles. The van der Waals surface area contributed by atoms with Crippen molar-refractivity contribution in [2.45, 2.75) is 19.4 Å². The number of hydrogen-bond donors (Lipinski definition) is 0. The van der Waals surface area contributed by atoms with Gasteiger partial charge in [-0.2, -0.15) is 5.10 Å². The number of carbonyl (C=O) groups excluding carboxylic acids is 1. The Labute approximate surface area is 147 Å². The lowest BCUT2D eigenvalue weighted by atomic mass is 9.98. The van der Waals surface area contributed by atoms with Crippen molar-refractivity contribution in [3.63, 3.8) is 0 Å². The number of benzene rings is 2. The Morgan fingerprint density at radius 3 is 2.52 bits per heavy atom. The van der Waals surface area contributed by atoms with Crippen LogP contribution in [0.15, 0.2) is 59.7 Å². The second kappa shape index (κ2) is 7.57. The third kappa shape index (κ3) is 3.94. The van der Waals surface area contributed by atoms with Crippen LogP contribution < -0.4 is 0 Å². The molecule has 0 N–H and O–H groups in total. The van der Waals surface area contributed by atoms with E-state index >= 15 is 0 Å². The Morgan fingerprint density at radius 1 is 1.20 bits per heavy atom. The highest BCUT2D eigenvalue weighted by Crippen LogP contribution is 2.32. The maximum absolute atomic E-state index is 13.3. The van der Waals surface area contributed by atoms with Crippen LogP contribution in [0.3, 0.4) is 0 Å². The molecule has 0 fully saturated rings. The van der Waals surface area contributed by atoms with Gasteiger partial charge in [0.1, 0.15) is 5.82 Å². The zero-order valence-corrected chi connectivity index (χ0v) is 14.5. The van der Waals surface area contributed by atoms with Gasteiger partial charge in [-0.15, -0.1) is 0 Å². The van der Waals surface area contributed by atoms with E-state index in [1.54, 1.807) is 17.1 Å². The van der Waals surface area contributed by atoms with Crippen LogP contribution in [-0.2, 0) is 4.79 Å². The fourth-order valence-electron chi connectivity index (χ4n) is 2.91. The first-order chi connectivity index (χ1) is 12.1.